The molecule has 1 heterocycles. The summed E-state index contributed by atoms with van der Waals surface area (Å²) >= 11 is 0. The molecular weight excluding hydrogens is 268 g/mol. The Morgan fingerprint density at radius 1 is 1.14 bits per heavy atom. The molecule has 2 rings (SSSR count). The molecule has 5 nitrogen and oxygen atoms in total. The molecule has 2 fully saturated rings. The molecule has 0 aromatic rings. The second-order valence-electron chi connectivity index (χ2n) is 7.51. The van der Waals surface area contributed by atoms with E-state index in [2.05, 4.69) is 24.5 Å². The van der Waals surface area contributed by atoms with E-state index in [-0.39, 0.29) is 23.4 Å². The van der Waals surface area contributed by atoms with Crippen molar-refractivity contribution in [1.29, 1.82) is 0 Å². The van der Waals surface area contributed by atoms with E-state index in [1.54, 1.807) is 6.92 Å². The molecule has 3 atom stereocenters. The third-order valence-corrected chi connectivity index (χ3v) is 5.40. The van der Waals surface area contributed by atoms with E-state index >= 15 is 0 Å². The molecule has 120 valence electrons. The fourth-order valence-electron chi connectivity index (χ4n) is 3.73. The van der Waals surface area contributed by atoms with Gasteiger partial charge in [0, 0.05) is 6.04 Å². The highest BCUT2D eigenvalue weighted by molar-refractivity contribution is 5.84. The highest BCUT2D eigenvalue weighted by Crippen LogP contribution is 2.37. The van der Waals surface area contributed by atoms with Crippen LogP contribution in [0.3, 0.4) is 0 Å². The first-order chi connectivity index (χ1) is 9.77. The van der Waals surface area contributed by atoms with Crippen molar-refractivity contribution in [2.75, 3.05) is 6.54 Å². The Bertz CT molecular complexity index is 422. The van der Waals surface area contributed by atoms with Gasteiger partial charge in [0.1, 0.15) is 0 Å². The number of amides is 1. The number of carboxylic acid groups (broad SMARTS) is 1. The number of piperidine rings is 1. The van der Waals surface area contributed by atoms with Crippen LogP contribution in [-0.4, -0.2) is 35.6 Å². The summed E-state index contributed by atoms with van der Waals surface area (Å²) in [5.41, 5.74) is -0.927. The Labute approximate surface area is 126 Å². The van der Waals surface area contributed by atoms with Crippen LogP contribution >= 0.6 is 0 Å². The smallest absolute Gasteiger partial charge is 0.311 e. The number of hydrogen-bond acceptors (Lipinski definition) is 3. The lowest BCUT2D eigenvalue weighted by Crippen LogP contribution is -2.60. The molecule has 1 aliphatic carbocycles. The summed E-state index contributed by atoms with van der Waals surface area (Å²) in [6.07, 6.45) is 5.38. The second-order valence-corrected chi connectivity index (χ2v) is 7.51. The Hall–Kier alpha value is -1.10. The molecule has 1 saturated heterocycles. The minimum atomic E-state index is -0.841. The van der Waals surface area contributed by atoms with Crippen molar-refractivity contribution >= 4 is 11.9 Å². The van der Waals surface area contributed by atoms with E-state index < -0.39 is 11.4 Å². The van der Waals surface area contributed by atoms with E-state index in [1.807, 2.05) is 0 Å². The summed E-state index contributed by atoms with van der Waals surface area (Å²) in [5.74, 6) is -0.845. The van der Waals surface area contributed by atoms with Crippen LogP contribution < -0.4 is 10.6 Å². The van der Waals surface area contributed by atoms with Crippen molar-refractivity contribution < 1.29 is 14.7 Å². The first-order valence-corrected chi connectivity index (χ1v) is 8.04. The zero-order valence-electron chi connectivity index (χ0n) is 13.4. The third kappa shape index (κ3) is 3.23. The molecule has 3 N–H and O–H groups in total. The second kappa shape index (κ2) is 5.95. The monoisotopic (exact) mass is 296 g/mol. The van der Waals surface area contributed by atoms with Crippen LogP contribution in [0.2, 0.25) is 0 Å². The molecule has 5 heteroatoms. The van der Waals surface area contributed by atoms with Gasteiger partial charge in [-0.1, -0.05) is 26.7 Å². The van der Waals surface area contributed by atoms with Crippen LogP contribution in [0, 0.1) is 10.8 Å². The molecule has 1 aliphatic heterocycles. The van der Waals surface area contributed by atoms with Crippen molar-refractivity contribution in [3.63, 3.8) is 0 Å². The van der Waals surface area contributed by atoms with Gasteiger partial charge in [0.2, 0.25) is 5.91 Å². The van der Waals surface area contributed by atoms with Gasteiger partial charge in [0.15, 0.2) is 0 Å². The Balaban J connectivity index is 2.08. The van der Waals surface area contributed by atoms with Gasteiger partial charge in [-0.3, -0.25) is 9.59 Å². The predicted molar refractivity (Wildman–Crippen MR) is 80.9 cm³/mol. The average molecular weight is 296 g/mol. The topological polar surface area (TPSA) is 78.4 Å². The van der Waals surface area contributed by atoms with Crippen molar-refractivity contribution in [3.8, 4) is 0 Å². The molecule has 21 heavy (non-hydrogen) atoms. The van der Waals surface area contributed by atoms with Crippen LogP contribution in [0.4, 0.5) is 0 Å². The van der Waals surface area contributed by atoms with Gasteiger partial charge >= 0.3 is 5.97 Å². The largest absolute Gasteiger partial charge is 0.481 e. The lowest BCUT2D eigenvalue weighted by Gasteiger charge is -2.42. The van der Waals surface area contributed by atoms with Gasteiger partial charge in [-0.25, -0.2) is 0 Å². The van der Waals surface area contributed by atoms with E-state index in [0.717, 1.165) is 38.6 Å². The third-order valence-electron chi connectivity index (χ3n) is 5.40. The Morgan fingerprint density at radius 2 is 1.86 bits per heavy atom. The quantitative estimate of drug-likeness (QED) is 0.743. The van der Waals surface area contributed by atoms with E-state index in [1.165, 1.54) is 0 Å². The fraction of sp³-hybridized carbons (Fsp3) is 0.875. The van der Waals surface area contributed by atoms with Crippen LogP contribution in [0.15, 0.2) is 0 Å². The number of nitrogens with one attached hydrogen (secondary N) is 2. The summed E-state index contributed by atoms with van der Waals surface area (Å²) in [6, 6.07) is -0.498. The first kappa shape index (κ1) is 16.3. The number of carboxylic acids is 1. The standard InChI is InChI=1S/C16H28N2O3/c1-15(2)8-6-10-17-12(15)13(19)18-11-7-4-5-9-16(11,3)14(20)21/h11-12,17H,4-10H2,1-3H3,(H,18,19)(H,20,21). The zero-order valence-corrected chi connectivity index (χ0v) is 13.4. The van der Waals surface area contributed by atoms with Gasteiger partial charge in [0.25, 0.3) is 0 Å². The van der Waals surface area contributed by atoms with Crippen molar-refractivity contribution in [2.24, 2.45) is 10.8 Å². The molecule has 1 saturated carbocycles. The predicted octanol–water partition coefficient (Wildman–Crippen LogP) is 1.91. The zero-order chi connectivity index (χ0) is 15.7. The number of hydrogen-bond donors (Lipinski definition) is 3. The molecule has 0 radical (unpaired) electrons. The minimum absolute atomic E-state index is 0.0425. The van der Waals surface area contributed by atoms with Gasteiger partial charge in [-0.2, -0.15) is 0 Å². The molecule has 0 aromatic heterocycles. The van der Waals surface area contributed by atoms with Gasteiger partial charge in [-0.05, 0) is 44.6 Å². The van der Waals surface area contributed by atoms with Gasteiger partial charge in [0.05, 0.1) is 11.5 Å². The molecule has 1 amide bonds. The van der Waals surface area contributed by atoms with Crippen LogP contribution in [0.25, 0.3) is 0 Å². The molecule has 0 bridgehead atoms. The normalized spacial score (nSPS) is 36.0. The van der Waals surface area contributed by atoms with Crippen molar-refractivity contribution in [3.05, 3.63) is 0 Å². The fourth-order valence-corrected chi connectivity index (χ4v) is 3.73. The maximum Gasteiger partial charge on any atom is 0.311 e. The van der Waals surface area contributed by atoms with Crippen molar-refractivity contribution in [2.45, 2.75) is 71.4 Å². The van der Waals surface area contributed by atoms with E-state index in [9.17, 15) is 14.7 Å². The Morgan fingerprint density at radius 3 is 2.48 bits per heavy atom. The van der Waals surface area contributed by atoms with Crippen molar-refractivity contribution in [1.82, 2.24) is 10.6 Å². The van der Waals surface area contributed by atoms with Gasteiger partial charge < -0.3 is 15.7 Å². The average Bonchev–Trinajstić information content (AvgIpc) is 2.40. The number of aliphatic carboxylic acids is 1. The number of carbonyl (C=O) groups excluding carboxylic acids is 1. The minimum Gasteiger partial charge on any atom is -0.481 e. The van der Waals surface area contributed by atoms with Crippen LogP contribution in [0.1, 0.15) is 59.3 Å². The first-order valence-electron chi connectivity index (χ1n) is 8.04. The van der Waals surface area contributed by atoms with Crippen LogP contribution in [-0.2, 0) is 9.59 Å². The van der Waals surface area contributed by atoms with E-state index in [4.69, 9.17) is 0 Å². The highest BCUT2D eigenvalue weighted by atomic mass is 16.4. The summed E-state index contributed by atoms with van der Waals surface area (Å²) in [4.78, 5) is 24.2. The molecule has 0 spiro atoms. The summed E-state index contributed by atoms with van der Waals surface area (Å²) in [7, 11) is 0. The van der Waals surface area contributed by atoms with Crippen LogP contribution in [0.5, 0.6) is 0 Å². The maximum atomic E-state index is 12.6. The summed E-state index contributed by atoms with van der Waals surface area (Å²) < 4.78 is 0. The molecule has 0 aromatic carbocycles. The SMILES string of the molecule is CC1(C)CCCNC1C(=O)NC1CCCCC1(C)C(=O)O. The number of rotatable bonds is 3. The summed E-state index contributed by atoms with van der Waals surface area (Å²) in [6.45, 7) is 6.81. The molecule has 2 aliphatic rings. The van der Waals surface area contributed by atoms with E-state index in [0.29, 0.717) is 6.42 Å². The molecular formula is C16H28N2O3. The number of carbonyl (C=O) groups is 2. The lowest BCUT2D eigenvalue weighted by molar-refractivity contribution is -0.152. The molecule has 3 unspecified atom stereocenters. The van der Waals surface area contributed by atoms with Gasteiger partial charge in [-0.15, -0.1) is 0 Å². The maximum absolute atomic E-state index is 12.6. The Kier molecular flexibility index (Phi) is 4.61. The highest BCUT2D eigenvalue weighted by Gasteiger charge is 2.46. The summed E-state index contributed by atoms with van der Waals surface area (Å²) in [5, 5.41) is 15.9. The lowest BCUT2D eigenvalue weighted by atomic mass is 9.71.